The molecule has 1 rings (SSSR count). The predicted octanol–water partition coefficient (Wildman–Crippen LogP) is 1.64. The summed E-state index contributed by atoms with van der Waals surface area (Å²) in [6, 6.07) is 2.67. The summed E-state index contributed by atoms with van der Waals surface area (Å²) < 4.78 is 41.8. The van der Waals surface area contributed by atoms with Crippen molar-refractivity contribution in [3.05, 3.63) is 29.8 Å². The van der Waals surface area contributed by atoms with E-state index >= 15 is 0 Å². The van der Waals surface area contributed by atoms with E-state index in [4.69, 9.17) is 0 Å². The molecule has 0 radical (unpaired) electrons. The molecule has 0 aromatic heterocycles. The first-order valence-corrected chi connectivity index (χ1v) is 5.85. The van der Waals surface area contributed by atoms with Gasteiger partial charge in [-0.25, -0.2) is 8.78 Å². The van der Waals surface area contributed by atoms with E-state index < -0.39 is 34.2 Å². The lowest BCUT2D eigenvalue weighted by Crippen LogP contribution is -2.14. The van der Waals surface area contributed by atoms with Crippen LogP contribution in [-0.4, -0.2) is 22.5 Å². The molecule has 3 nitrogen and oxygen atoms in total. The second kappa shape index (κ2) is 5.69. The third-order valence-corrected chi connectivity index (χ3v) is 3.01. The summed E-state index contributed by atoms with van der Waals surface area (Å²) in [5.41, 5.74) is 0. The van der Waals surface area contributed by atoms with Crippen molar-refractivity contribution in [2.75, 3.05) is 12.4 Å². The molecule has 0 saturated carbocycles. The van der Waals surface area contributed by atoms with Gasteiger partial charge in [-0.15, -0.1) is 0 Å². The number of carbonyl (C=O) groups excluding carboxylic acids is 1. The lowest BCUT2D eigenvalue weighted by Gasteiger charge is -2.03. The van der Waals surface area contributed by atoms with E-state index in [1.165, 1.54) is 0 Å². The molecular formula is C10H10F2O3S. The Kier molecular flexibility index (Phi) is 4.54. The van der Waals surface area contributed by atoms with Gasteiger partial charge in [0.1, 0.15) is 17.4 Å². The van der Waals surface area contributed by atoms with Crippen LogP contribution in [-0.2, 0) is 20.3 Å². The van der Waals surface area contributed by atoms with Gasteiger partial charge in [0.25, 0.3) is 0 Å². The fourth-order valence-corrected chi connectivity index (χ4v) is 2.00. The first-order chi connectivity index (χ1) is 7.54. The molecule has 0 amide bonds. The maximum absolute atomic E-state index is 13.2. The highest BCUT2D eigenvalue weighted by molar-refractivity contribution is 7.85. The zero-order valence-corrected chi connectivity index (χ0v) is 9.35. The molecule has 0 heterocycles. The minimum absolute atomic E-state index is 0.169. The van der Waals surface area contributed by atoms with Crippen molar-refractivity contribution in [3.8, 4) is 0 Å². The van der Waals surface area contributed by atoms with Gasteiger partial charge >= 0.3 is 5.97 Å². The van der Waals surface area contributed by atoms with E-state index in [1.807, 2.05) is 0 Å². The number of esters is 1. The van der Waals surface area contributed by atoms with Crippen LogP contribution in [0.2, 0.25) is 0 Å². The number of rotatable bonds is 4. The zero-order chi connectivity index (χ0) is 12.1. The molecule has 16 heavy (non-hydrogen) atoms. The summed E-state index contributed by atoms with van der Waals surface area (Å²) in [7, 11) is -1.85. The summed E-state index contributed by atoms with van der Waals surface area (Å²) in [6.45, 7) is 1.78. The first-order valence-electron chi connectivity index (χ1n) is 4.53. The highest BCUT2D eigenvalue weighted by atomic mass is 32.2. The van der Waals surface area contributed by atoms with Gasteiger partial charge in [-0.1, -0.05) is 0 Å². The summed E-state index contributed by atoms with van der Waals surface area (Å²) in [4.78, 5) is 10.8. The normalized spacial score (nSPS) is 12.2. The van der Waals surface area contributed by atoms with Gasteiger partial charge in [0.05, 0.1) is 22.3 Å². The van der Waals surface area contributed by atoms with Crippen LogP contribution in [0.3, 0.4) is 0 Å². The lowest BCUT2D eigenvalue weighted by molar-refractivity contribution is -0.139. The highest BCUT2D eigenvalue weighted by Crippen LogP contribution is 2.14. The van der Waals surface area contributed by atoms with Crippen molar-refractivity contribution < 1.29 is 22.5 Å². The molecule has 0 N–H and O–H groups in total. The summed E-state index contributed by atoms with van der Waals surface area (Å²) in [5, 5.41) is 0. The van der Waals surface area contributed by atoms with Crippen LogP contribution >= 0.6 is 0 Å². The molecular weight excluding hydrogens is 238 g/mol. The maximum atomic E-state index is 13.2. The Morgan fingerprint density at radius 3 is 2.69 bits per heavy atom. The summed E-state index contributed by atoms with van der Waals surface area (Å²) in [6.07, 6.45) is 0. The van der Waals surface area contributed by atoms with E-state index in [0.717, 1.165) is 12.1 Å². The van der Waals surface area contributed by atoms with E-state index in [0.29, 0.717) is 6.07 Å². The molecule has 0 saturated heterocycles. The Hall–Kier alpha value is -1.30. The van der Waals surface area contributed by atoms with Crippen LogP contribution in [0.5, 0.6) is 0 Å². The third-order valence-electron chi connectivity index (χ3n) is 1.69. The van der Waals surface area contributed by atoms with Gasteiger partial charge in [0.2, 0.25) is 0 Å². The molecule has 1 unspecified atom stereocenters. The zero-order valence-electron chi connectivity index (χ0n) is 8.54. The standard InChI is InChI=1S/C10H10F2O3S/c1-2-15-10(13)6-16(14)9-4-3-7(11)5-8(9)12/h3-5H,2,6H2,1H3. The molecule has 0 spiro atoms. The largest absolute Gasteiger partial charge is 0.465 e. The van der Waals surface area contributed by atoms with Crippen LogP contribution in [0.25, 0.3) is 0 Å². The van der Waals surface area contributed by atoms with E-state index in [9.17, 15) is 17.8 Å². The van der Waals surface area contributed by atoms with E-state index in [1.54, 1.807) is 6.92 Å². The van der Waals surface area contributed by atoms with Crippen LogP contribution in [0, 0.1) is 11.6 Å². The lowest BCUT2D eigenvalue weighted by atomic mass is 10.3. The quantitative estimate of drug-likeness (QED) is 0.761. The second-order valence-electron chi connectivity index (χ2n) is 2.87. The number of hydrogen-bond acceptors (Lipinski definition) is 3. The molecule has 88 valence electrons. The number of hydrogen-bond donors (Lipinski definition) is 0. The Balaban J connectivity index is 2.77. The number of halogens is 2. The second-order valence-corrected chi connectivity index (χ2v) is 4.29. The smallest absolute Gasteiger partial charge is 0.318 e. The Morgan fingerprint density at radius 1 is 1.44 bits per heavy atom. The fraction of sp³-hybridized carbons (Fsp3) is 0.300. The minimum Gasteiger partial charge on any atom is -0.465 e. The Labute approximate surface area is 93.9 Å². The topological polar surface area (TPSA) is 43.4 Å². The van der Waals surface area contributed by atoms with Gasteiger partial charge in [0.15, 0.2) is 0 Å². The number of benzene rings is 1. The van der Waals surface area contributed by atoms with Crippen molar-refractivity contribution in [1.82, 2.24) is 0 Å². The van der Waals surface area contributed by atoms with Crippen molar-refractivity contribution in [2.24, 2.45) is 0 Å². The van der Waals surface area contributed by atoms with Gasteiger partial charge < -0.3 is 4.74 Å². The average Bonchev–Trinajstić information content (AvgIpc) is 2.17. The molecule has 1 atom stereocenters. The maximum Gasteiger partial charge on any atom is 0.318 e. The molecule has 1 aromatic rings. The number of carbonyl (C=O) groups is 1. The van der Waals surface area contributed by atoms with Crippen molar-refractivity contribution in [3.63, 3.8) is 0 Å². The molecule has 0 aliphatic carbocycles. The van der Waals surface area contributed by atoms with Crippen molar-refractivity contribution >= 4 is 16.8 Å². The SMILES string of the molecule is CCOC(=O)CS(=O)c1ccc(F)cc1F. The monoisotopic (exact) mass is 248 g/mol. The molecule has 0 aliphatic heterocycles. The molecule has 0 aliphatic rings. The van der Waals surface area contributed by atoms with Crippen LogP contribution < -0.4 is 0 Å². The predicted molar refractivity (Wildman–Crippen MR) is 54.3 cm³/mol. The molecule has 0 bridgehead atoms. The first kappa shape index (κ1) is 12.8. The van der Waals surface area contributed by atoms with Crippen LogP contribution in [0.4, 0.5) is 8.78 Å². The average molecular weight is 248 g/mol. The summed E-state index contributed by atoms with van der Waals surface area (Å²) in [5.74, 6) is -2.79. The highest BCUT2D eigenvalue weighted by Gasteiger charge is 2.15. The Morgan fingerprint density at radius 2 is 2.12 bits per heavy atom. The van der Waals surface area contributed by atoms with Gasteiger partial charge in [0, 0.05) is 6.07 Å². The molecule has 6 heteroatoms. The van der Waals surface area contributed by atoms with Gasteiger partial charge in [-0.05, 0) is 19.1 Å². The fourth-order valence-electron chi connectivity index (χ4n) is 1.05. The Bertz CT molecular complexity index is 421. The minimum atomic E-state index is -1.85. The van der Waals surface area contributed by atoms with Crippen LogP contribution in [0.1, 0.15) is 6.92 Å². The third kappa shape index (κ3) is 3.37. The van der Waals surface area contributed by atoms with Crippen molar-refractivity contribution in [2.45, 2.75) is 11.8 Å². The summed E-state index contributed by atoms with van der Waals surface area (Å²) >= 11 is 0. The van der Waals surface area contributed by atoms with Gasteiger partial charge in [-0.3, -0.25) is 9.00 Å². The van der Waals surface area contributed by atoms with E-state index in [2.05, 4.69) is 4.74 Å². The molecule has 1 aromatic carbocycles. The van der Waals surface area contributed by atoms with Gasteiger partial charge in [-0.2, -0.15) is 0 Å². The van der Waals surface area contributed by atoms with Crippen LogP contribution in [0.15, 0.2) is 23.1 Å². The molecule has 0 fully saturated rings. The van der Waals surface area contributed by atoms with Crippen molar-refractivity contribution in [1.29, 1.82) is 0 Å². The van der Waals surface area contributed by atoms with E-state index in [-0.39, 0.29) is 11.5 Å². The number of ether oxygens (including phenoxy) is 1.